The molecule has 2 rings (SSSR count). The summed E-state index contributed by atoms with van der Waals surface area (Å²) in [6, 6.07) is 8.32. The molecule has 4 heteroatoms. The summed E-state index contributed by atoms with van der Waals surface area (Å²) >= 11 is 5.81. The summed E-state index contributed by atoms with van der Waals surface area (Å²) in [6.07, 6.45) is 4.82. The Morgan fingerprint density at radius 3 is 2.55 bits per heavy atom. The summed E-state index contributed by atoms with van der Waals surface area (Å²) < 4.78 is 5.13. The molecule has 1 aliphatic carbocycles. The maximum Gasteiger partial charge on any atom is 0.223 e. The van der Waals surface area contributed by atoms with Crippen LogP contribution in [-0.2, 0) is 11.2 Å². The Bertz CT molecular complexity index is 429. The Kier molecular flexibility index (Phi) is 5.72. The molecule has 1 aromatic rings. The van der Waals surface area contributed by atoms with Crippen LogP contribution in [0.2, 0.25) is 0 Å². The molecule has 1 aliphatic rings. The van der Waals surface area contributed by atoms with Crippen molar-refractivity contribution in [3.8, 4) is 5.75 Å². The SMILES string of the molecule is COc1ccc(CCC(=O)N(CCCl)C2CCC2)cc1. The fourth-order valence-electron chi connectivity index (χ4n) is 2.49. The molecule has 0 unspecified atom stereocenters. The number of nitrogens with zero attached hydrogens (tertiary/aromatic N) is 1. The molecule has 0 aromatic heterocycles. The topological polar surface area (TPSA) is 29.5 Å². The zero-order chi connectivity index (χ0) is 14.4. The molecule has 110 valence electrons. The molecule has 0 radical (unpaired) electrons. The molecule has 0 aliphatic heterocycles. The fourth-order valence-corrected chi connectivity index (χ4v) is 2.67. The Morgan fingerprint density at radius 2 is 2.05 bits per heavy atom. The number of amides is 1. The number of ether oxygens (including phenoxy) is 1. The van der Waals surface area contributed by atoms with Crippen LogP contribution in [0.15, 0.2) is 24.3 Å². The first-order valence-corrected chi connectivity index (χ1v) is 7.76. The second-order valence-electron chi connectivity index (χ2n) is 5.21. The number of hydrogen-bond donors (Lipinski definition) is 0. The van der Waals surface area contributed by atoms with E-state index < -0.39 is 0 Å². The van der Waals surface area contributed by atoms with Crippen LogP contribution in [0.5, 0.6) is 5.75 Å². The van der Waals surface area contributed by atoms with Gasteiger partial charge in [-0.1, -0.05) is 12.1 Å². The third-order valence-corrected chi connectivity index (χ3v) is 4.12. The Morgan fingerprint density at radius 1 is 1.35 bits per heavy atom. The molecule has 20 heavy (non-hydrogen) atoms. The van der Waals surface area contributed by atoms with Crippen molar-refractivity contribution < 1.29 is 9.53 Å². The smallest absolute Gasteiger partial charge is 0.223 e. The molecule has 0 spiro atoms. The minimum absolute atomic E-state index is 0.228. The molecule has 0 atom stereocenters. The van der Waals surface area contributed by atoms with Gasteiger partial charge in [0.15, 0.2) is 0 Å². The zero-order valence-corrected chi connectivity index (χ0v) is 12.7. The molecular formula is C16H22ClNO2. The highest BCUT2D eigenvalue weighted by Crippen LogP contribution is 2.25. The fraction of sp³-hybridized carbons (Fsp3) is 0.562. The van der Waals surface area contributed by atoms with Crippen LogP contribution in [0.1, 0.15) is 31.2 Å². The predicted molar refractivity (Wildman–Crippen MR) is 81.4 cm³/mol. The predicted octanol–water partition coefficient (Wildman–Crippen LogP) is 3.25. The number of methoxy groups -OCH3 is 1. The van der Waals surface area contributed by atoms with E-state index >= 15 is 0 Å². The van der Waals surface area contributed by atoms with Gasteiger partial charge < -0.3 is 9.64 Å². The number of carbonyl (C=O) groups is 1. The van der Waals surface area contributed by atoms with Crippen LogP contribution in [0, 0.1) is 0 Å². The van der Waals surface area contributed by atoms with E-state index in [2.05, 4.69) is 0 Å². The van der Waals surface area contributed by atoms with Gasteiger partial charge in [0.05, 0.1) is 7.11 Å². The van der Waals surface area contributed by atoms with E-state index in [4.69, 9.17) is 16.3 Å². The summed E-state index contributed by atoms with van der Waals surface area (Å²) in [6.45, 7) is 0.674. The van der Waals surface area contributed by atoms with E-state index in [0.717, 1.165) is 25.0 Å². The third kappa shape index (κ3) is 3.89. The summed E-state index contributed by atoms with van der Waals surface area (Å²) in [7, 11) is 1.65. The number of benzene rings is 1. The average Bonchev–Trinajstić information content (AvgIpc) is 2.43. The van der Waals surface area contributed by atoms with E-state index in [1.807, 2.05) is 29.2 Å². The first kappa shape index (κ1) is 15.2. The molecule has 1 amide bonds. The Balaban J connectivity index is 1.85. The second-order valence-corrected chi connectivity index (χ2v) is 5.59. The molecule has 1 aromatic carbocycles. The van der Waals surface area contributed by atoms with Crippen LogP contribution < -0.4 is 4.74 Å². The van der Waals surface area contributed by atoms with Gasteiger partial charge in [-0.05, 0) is 43.4 Å². The van der Waals surface area contributed by atoms with Crippen LogP contribution in [0.25, 0.3) is 0 Å². The molecular weight excluding hydrogens is 274 g/mol. The molecule has 3 nitrogen and oxygen atoms in total. The Hall–Kier alpha value is -1.22. The summed E-state index contributed by atoms with van der Waals surface area (Å²) in [5, 5.41) is 0. The van der Waals surface area contributed by atoms with Gasteiger partial charge in [0.1, 0.15) is 5.75 Å². The lowest BCUT2D eigenvalue weighted by atomic mass is 9.91. The number of carbonyl (C=O) groups excluding carboxylic acids is 1. The molecule has 1 fully saturated rings. The van der Waals surface area contributed by atoms with Crippen LogP contribution >= 0.6 is 11.6 Å². The van der Waals surface area contributed by atoms with Crippen molar-refractivity contribution in [2.45, 2.75) is 38.1 Å². The summed E-state index contributed by atoms with van der Waals surface area (Å²) in [5.74, 6) is 1.59. The van der Waals surface area contributed by atoms with Crippen molar-refractivity contribution in [3.05, 3.63) is 29.8 Å². The van der Waals surface area contributed by atoms with Crippen molar-refractivity contribution in [2.24, 2.45) is 0 Å². The molecule has 0 heterocycles. The average molecular weight is 296 g/mol. The minimum atomic E-state index is 0.228. The zero-order valence-electron chi connectivity index (χ0n) is 12.0. The highest BCUT2D eigenvalue weighted by atomic mass is 35.5. The standard InChI is InChI=1S/C16H22ClNO2/c1-20-15-8-5-13(6-9-15)7-10-16(19)18(12-11-17)14-3-2-4-14/h5-6,8-9,14H,2-4,7,10-12H2,1H3. The van der Waals surface area contributed by atoms with Crippen molar-refractivity contribution >= 4 is 17.5 Å². The maximum absolute atomic E-state index is 12.3. The van der Waals surface area contributed by atoms with E-state index in [0.29, 0.717) is 24.9 Å². The molecule has 0 N–H and O–H groups in total. The highest BCUT2D eigenvalue weighted by Gasteiger charge is 2.27. The number of aryl methyl sites for hydroxylation is 1. The second kappa shape index (κ2) is 7.53. The molecule has 0 bridgehead atoms. The van der Waals surface area contributed by atoms with Gasteiger partial charge in [0.2, 0.25) is 5.91 Å². The Labute approximate surface area is 125 Å². The van der Waals surface area contributed by atoms with Crippen molar-refractivity contribution in [1.82, 2.24) is 4.90 Å². The minimum Gasteiger partial charge on any atom is -0.497 e. The van der Waals surface area contributed by atoms with E-state index in [1.165, 1.54) is 12.0 Å². The lowest BCUT2D eigenvalue weighted by Gasteiger charge is -2.37. The number of hydrogen-bond acceptors (Lipinski definition) is 2. The summed E-state index contributed by atoms with van der Waals surface area (Å²) in [4.78, 5) is 14.3. The maximum atomic E-state index is 12.3. The highest BCUT2D eigenvalue weighted by molar-refractivity contribution is 6.18. The van der Waals surface area contributed by atoms with Gasteiger partial charge in [-0.15, -0.1) is 11.6 Å². The van der Waals surface area contributed by atoms with Crippen LogP contribution in [0.4, 0.5) is 0 Å². The normalized spacial score (nSPS) is 14.7. The first-order chi connectivity index (χ1) is 9.74. The van der Waals surface area contributed by atoms with Crippen molar-refractivity contribution in [2.75, 3.05) is 19.5 Å². The monoisotopic (exact) mass is 295 g/mol. The van der Waals surface area contributed by atoms with Crippen LogP contribution in [-0.4, -0.2) is 36.4 Å². The first-order valence-electron chi connectivity index (χ1n) is 7.23. The largest absolute Gasteiger partial charge is 0.497 e. The van der Waals surface area contributed by atoms with Crippen molar-refractivity contribution in [1.29, 1.82) is 0 Å². The molecule has 1 saturated carbocycles. The van der Waals surface area contributed by atoms with Gasteiger partial charge in [0.25, 0.3) is 0 Å². The number of halogens is 1. The van der Waals surface area contributed by atoms with Gasteiger partial charge in [-0.25, -0.2) is 0 Å². The third-order valence-electron chi connectivity index (χ3n) is 3.95. The van der Waals surface area contributed by atoms with E-state index in [-0.39, 0.29) is 5.91 Å². The van der Waals surface area contributed by atoms with Gasteiger partial charge in [-0.2, -0.15) is 0 Å². The lowest BCUT2D eigenvalue weighted by molar-refractivity contribution is -0.134. The van der Waals surface area contributed by atoms with Crippen molar-refractivity contribution in [3.63, 3.8) is 0 Å². The quantitative estimate of drug-likeness (QED) is 0.723. The number of alkyl halides is 1. The van der Waals surface area contributed by atoms with Gasteiger partial charge in [-0.3, -0.25) is 4.79 Å². The molecule has 0 saturated heterocycles. The van der Waals surface area contributed by atoms with E-state index in [1.54, 1.807) is 7.11 Å². The lowest BCUT2D eigenvalue weighted by Crippen LogP contribution is -2.45. The van der Waals surface area contributed by atoms with E-state index in [9.17, 15) is 4.79 Å². The van der Waals surface area contributed by atoms with Gasteiger partial charge in [0, 0.05) is 24.9 Å². The van der Waals surface area contributed by atoms with Crippen LogP contribution in [0.3, 0.4) is 0 Å². The number of rotatable bonds is 7. The summed E-state index contributed by atoms with van der Waals surface area (Å²) in [5.41, 5.74) is 1.17. The van der Waals surface area contributed by atoms with Gasteiger partial charge >= 0.3 is 0 Å².